The van der Waals surface area contributed by atoms with Gasteiger partial charge in [0.25, 0.3) is 5.91 Å². The lowest BCUT2D eigenvalue weighted by Gasteiger charge is -2.39. The van der Waals surface area contributed by atoms with E-state index in [1.165, 1.54) is 18.2 Å². The van der Waals surface area contributed by atoms with Crippen molar-refractivity contribution in [2.75, 3.05) is 20.2 Å². The van der Waals surface area contributed by atoms with Gasteiger partial charge in [0.1, 0.15) is 12.2 Å². The highest BCUT2D eigenvalue weighted by Crippen LogP contribution is 2.43. The molecule has 0 saturated carbocycles. The van der Waals surface area contributed by atoms with Crippen LogP contribution in [0.1, 0.15) is 28.5 Å². The van der Waals surface area contributed by atoms with Gasteiger partial charge in [-0.1, -0.05) is 30.3 Å². The quantitative estimate of drug-likeness (QED) is 0.816. The Balaban J connectivity index is 1.63. The Morgan fingerprint density at radius 3 is 2.67 bits per heavy atom. The van der Waals surface area contributed by atoms with E-state index in [9.17, 15) is 14.4 Å². The molecule has 0 unspecified atom stereocenters. The third kappa shape index (κ3) is 2.97. The van der Waals surface area contributed by atoms with E-state index in [1.54, 1.807) is 11.0 Å². The Morgan fingerprint density at radius 1 is 1.22 bits per heavy atom. The highest BCUT2D eigenvalue weighted by molar-refractivity contribution is 5.96. The first-order valence-electron chi connectivity index (χ1n) is 8.82. The minimum atomic E-state index is -0.450. The number of benzene rings is 1. The molecule has 3 heterocycles. The number of rotatable bonds is 3. The van der Waals surface area contributed by atoms with Gasteiger partial charge in [0.2, 0.25) is 5.91 Å². The van der Waals surface area contributed by atoms with Crippen molar-refractivity contribution in [3.8, 4) is 0 Å². The minimum Gasteiger partial charge on any atom is -0.469 e. The molecule has 0 bridgehead atoms. The summed E-state index contributed by atoms with van der Waals surface area (Å²) in [5.41, 5.74) is 1.25. The molecule has 27 heavy (non-hydrogen) atoms. The van der Waals surface area contributed by atoms with Gasteiger partial charge >= 0.3 is 5.97 Å². The summed E-state index contributed by atoms with van der Waals surface area (Å²) in [6.07, 6.45) is 1.96. The van der Waals surface area contributed by atoms with E-state index in [2.05, 4.69) is 10.2 Å². The average Bonchev–Trinajstić information content (AvgIpc) is 3.35. The summed E-state index contributed by atoms with van der Waals surface area (Å²) in [5.74, 6) is -1.22. The second-order valence-electron chi connectivity index (χ2n) is 6.83. The molecule has 2 fully saturated rings. The Morgan fingerprint density at radius 2 is 2.00 bits per heavy atom. The summed E-state index contributed by atoms with van der Waals surface area (Å²) in [7, 11) is 1.36. The van der Waals surface area contributed by atoms with E-state index < -0.39 is 5.92 Å². The number of methoxy groups -OCH3 is 1. The van der Waals surface area contributed by atoms with Crippen molar-refractivity contribution in [3.63, 3.8) is 0 Å². The number of aromatic amines is 1. The number of amides is 2. The lowest BCUT2D eigenvalue weighted by molar-refractivity contribution is -0.147. The van der Waals surface area contributed by atoms with Crippen molar-refractivity contribution in [3.05, 3.63) is 53.9 Å². The zero-order valence-corrected chi connectivity index (χ0v) is 14.9. The number of nitrogens with one attached hydrogen (secondary N) is 1. The Bertz CT molecular complexity index is 852. The SMILES string of the molecule is COC(=O)[C@H]1C[C@H]2CN(C(=O)c3ccn[nH]3)CC(=O)N2[C@H]1c1ccccc1. The number of hydrogen-bond donors (Lipinski definition) is 1. The highest BCUT2D eigenvalue weighted by atomic mass is 16.5. The number of carbonyl (C=O) groups excluding carboxylic acids is 3. The molecule has 2 saturated heterocycles. The second-order valence-corrected chi connectivity index (χ2v) is 6.83. The van der Waals surface area contributed by atoms with Gasteiger partial charge in [0.05, 0.1) is 25.1 Å². The maximum atomic E-state index is 13.0. The van der Waals surface area contributed by atoms with Gasteiger partial charge in [0.15, 0.2) is 0 Å². The molecule has 3 atom stereocenters. The monoisotopic (exact) mass is 368 g/mol. The number of ether oxygens (including phenoxy) is 1. The van der Waals surface area contributed by atoms with Crippen molar-refractivity contribution < 1.29 is 19.1 Å². The van der Waals surface area contributed by atoms with E-state index in [-0.39, 0.29) is 36.4 Å². The summed E-state index contributed by atoms with van der Waals surface area (Å²) in [5, 5.41) is 6.43. The first kappa shape index (κ1) is 17.3. The van der Waals surface area contributed by atoms with Gasteiger partial charge in [-0.3, -0.25) is 19.5 Å². The van der Waals surface area contributed by atoms with Crippen LogP contribution in [0.4, 0.5) is 0 Å². The molecule has 2 aliphatic heterocycles. The molecule has 140 valence electrons. The molecule has 0 spiro atoms. The van der Waals surface area contributed by atoms with Gasteiger partial charge in [0, 0.05) is 12.7 Å². The first-order valence-corrected chi connectivity index (χ1v) is 8.82. The van der Waals surface area contributed by atoms with Crippen LogP contribution in [0.5, 0.6) is 0 Å². The molecule has 2 aromatic rings. The van der Waals surface area contributed by atoms with E-state index in [0.29, 0.717) is 18.7 Å². The van der Waals surface area contributed by atoms with Crippen molar-refractivity contribution in [1.29, 1.82) is 0 Å². The maximum Gasteiger partial charge on any atom is 0.311 e. The van der Waals surface area contributed by atoms with Gasteiger partial charge in [-0.25, -0.2) is 0 Å². The summed E-state index contributed by atoms with van der Waals surface area (Å²) in [6.45, 7) is 0.353. The third-order valence-electron chi connectivity index (χ3n) is 5.31. The fourth-order valence-electron chi connectivity index (χ4n) is 4.16. The van der Waals surface area contributed by atoms with Gasteiger partial charge in [-0.05, 0) is 18.1 Å². The van der Waals surface area contributed by atoms with Crippen LogP contribution in [0, 0.1) is 5.92 Å². The van der Waals surface area contributed by atoms with E-state index in [4.69, 9.17) is 4.74 Å². The predicted molar refractivity (Wildman–Crippen MR) is 94.4 cm³/mol. The van der Waals surface area contributed by atoms with Gasteiger partial charge in [-0.15, -0.1) is 0 Å². The van der Waals surface area contributed by atoms with Crippen molar-refractivity contribution >= 4 is 17.8 Å². The Hall–Kier alpha value is -3.16. The van der Waals surface area contributed by atoms with Crippen molar-refractivity contribution in [1.82, 2.24) is 20.0 Å². The summed E-state index contributed by atoms with van der Waals surface area (Å²) in [4.78, 5) is 41.2. The molecule has 8 nitrogen and oxygen atoms in total. The van der Waals surface area contributed by atoms with Crippen LogP contribution < -0.4 is 0 Å². The number of fused-ring (bicyclic) bond motifs is 1. The van der Waals surface area contributed by atoms with Crippen LogP contribution in [-0.4, -0.2) is 64.0 Å². The molecule has 2 amide bonds. The van der Waals surface area contributed by atoms with Crippen LogP contribution in [0.2, 0.25) is 0 Å². The van der Waals surface area contributed by atoms with Crippen LogP contribution in [-0.2, 0) is 14.3 Å². The lowest BCUT2D eigenvalue weighted by atomic mass is 9.93. The summed E-state index contributed by atoms with van der Waals surface area (Å²) in [6, 6.07) is 10.5. The number of nitrogens with zero attached hydrogens (tertiary/aromatic N) is 3. The standard InChI is InChI=1S/C19H20N4O4/c1-27-19(26)14-9-13-10-22(18(25)15-7-8-20-21-15)11-16(24)23(13)17(14)12-5-3-2-4-6-12/h2-8,13-14,17H,9-11H2,1H3,(H,20,21)/t13-,14-,17-/m0/s1. The minimum absolute atomic E-state index is 0.0222. The van der Waals surface area contributed by atoms with E-state index >= 15 is 0 Å². The van der Waals surface area contributed by atoms with E-state index in [1.807, 2.05) is 30.3 Å². The Kier molecular flexibility index (Phi) is 4.39. The van der Waals surface area contributed by atoms with Crippen molar-refractivity contribution in [2.24, 2.45) is 5.92 Å². The molecule has 8 heteroatoms. The second kappa shape index (κ2) is 6.86. The molecule has 1 N–H and O–H groups in total. The maximum absolute atomic E-state index is 13.0. The van der Waals surface area contributed by atoms with Crippen LogP contribution >= 0.6 is 0 Å². The molecule has 0 aliphatic carbocycles. The average molecular weight is 368 g/mol. The normalized spacial score (nSPS) is 24.6. The zero-order chi connectivity index (χ0) is 19.0. The highest BCUT2D eigenvalue weighted by Gasteiger charge is 2.51. The van der Waals surface area contributed by atoms with Crippen molar-refractivity contribution in [2.45, 2.75) is 18.5 Å². The molecule has 0 radical (unpaired) electrons. The number of aromatic nitrogens is 2. The number of esters is 1. The molecule has 1 aromatic carbocycles. The number of piperazine rings is 1. The van der Waals surface area contributed by atoms with Crippen LogP contribution in [0.25, 0.3) is 0 Å². The first-order chi connectivity index (χ1) is 13.1. The van der Waals surface area contributed by atoms with Gasteiger partial charge in [-0.2, -0.15) is 5.10 Å². The third-order valence-corrected chi connectivity index (χ3v) is 5.31. The summed E-state index contributed by atoms with van der Waals surface area (Å²) >= 11 is 0. The fourth-order valence-corrected chi connectivity index (χ4v) is 4.16. The zero-order valence-electron chi connectivity index (χ0n) is 14.9. The largest absolute Gasteiger partial charge is 0.469 e. The Labute approximate surface area is 156 Å². The smallest absolute Gasteiger partial charge is 0.311 e. The van der Waals surface area contributed by atoms with Crippen LogP contribution in [0.3, 0.4) is 0 Å². The van der Waals surface area contributed by atoms with Crippen LogP contribution in [0.15, 0.2) is 42.6 Å². The molecular formula is C19H20N4O4. The van der Waals surface area contributed by atoms with E-state index in [0.717, 1.165) is 5.56 Å². The molecule has 1 aromatic heterocycles. The predicted octanol–water partition coefficient (Wildman–Crippen LogP) is 0.997. The lowest BCUT2D eigenvalue weighted by Crippen LogP contribution is -2.56. The molecule has 2 aliphatic rings. The molecule has 4 rings (SSSR count). The topological polar surface area (TPSA) is 95.6 Å². The molecular weight excluding hydrogens is 348 g/mol. The number of H-pyrrole nitrogens is 1. The number of carbonyl (C=O) groups is 3. The fraction of sp³-hybridized carbons (Fsp3) is 0.368. The van der Waals surface area contributed by atoms with Gasteiger partial charge < -0.3 is 14.5 Å². The summed E-state index contributed by atoms with van der Waals surface area (Å²) < 4.78 is 4.99. The number of hydrogen-bond acceptors (Lipinski definition) is 5.